The maximum atomic E-state index is 9.16. The zero-order chi connectivity index (χ0) is 16.1. The van der Waals surface area contributed by atoms with Gasteiger partial charge in [0.2, 0.25) is 0 Å². The molecule has 0 atom stereocenters. The average molecular weight is 302 g/mol. The monoisotopic (exact) mass is 302 g/mol. The number of para-hydroxylation sites is 2. The van der Waals surface area contributed by atoms with Crippen molar-refractivity contribution < 1.29 is 9.47 Å². The largest absolute Gasteiger partial charge is 0.453 e. The van der Waals surface area contributed by atoms with E-state index in [-0.39, 0.29) is 0 Å². The molecule has 0 unspecified atom stereocenters. The first-order valence-electron chi connectivity index (χ1n) is 7.05. The Morgan fingerprint density at radius 3 is 1.70 bits per heavy atom. The minimum absolute atomic E-state index is 0.344. The summed E-state index contributed by atoms with van der Waals surface area (Å²) in [7, 11) is 0. The summed E-state index contributed by atoms with van der Waals surface area (Å²) in [6.45, 7) is 0. The van der Waals surface area contributed by atoms with Gasteiger partial charge in [-0.1, -0.05) is 36.4 Å². The first-order chi connectivity index (χ1) is 11.3. The highest BCUT2D eigenvalue weighted by atomic mass is 16.5. The van der Waals surface area contributed by atoms with Gasteiger partial charge in [0.05, 0.1) is 11.3 Å². The number of benzene rings is 3. The zero-order valence-electron chi connectivity index (χ0n) is 12.3. The summed E-state index contributed by atoms with van der Waals surface area (Å²) in [6, 6.07) is 23.9. The first-order valence-corrected chi connectivity index (χ1v) is 7.05. The van der Waals surface area contributed by atoms with Crippen LogP contribution in [-0.2, 0) is 0 Å². The Hall–Kier alpha value is -3.45. The Bertz CT molecular complexity index is 840. The van der Waals surface area contributed by atoms with Gasteiger partial charge in [-0.2, -0.15) is 5.26 Å². The third kappa shape index (κ3) is 3.42. The molecule has 0 aliphatic rings. The van der Waals surface area contributed by atoms with Crippen molar-refractivity contribution in [2.75, 3.05) is 5.73 Å². The molecule has 0 radical (unpaired) electrons. The van der Waals surface area contributed by atoms with Crippen LogP contribution >= 0.6 is 0 Å². The number of ether oxygens (including phenoxy) is 2. The third-order valence-corrected chi connectivity index (χ3v) is 3.18. The lowest BCUT2D eigenvalue weighted by Gasteiger charge is -2.14. The van der Waals surface area contributed by atoms with Crippen molar-refractivity contribution in [3.63, 3.8) is 0 Å². The lowest BCUT2D eigenvalue weighted by molar-refractivity contribution is 0.419. The summed E-state index contributed by atoms with van der Waals surface area (Å²) in [5, 5.41) is 9.16. The summed E-state index contributed by atoms with van der Waals surface area (Å²) in [5.41, 5.74) is 6.58. The standard InChI is InChI=1S/C19H14N2O2/c20-13-14-11-18(22-15-7-3-1-4-8-15)19(12-17(14)21)23-16-9-5-2-6-10-16/h1-12H,21H2. The number of nitrogens with zero attached hydrogens (tertiary/aromatic N) is 1. The molecule has 23 heavy (non-hydrogen) atoms. The fraction of sp³-hybridized carbons (Fsp3) is 0. The van der Waals surface area contributed by atoms with Crippen LogP contribution in [0.4, 0.5) is 5.69 Å². The van der Waals surface area contributed by atoms with Crippen molar-refractivity contribution in [3.8, 4) is 29.1 Å². The minimum Gasteiger partial charge on any atom is -0.453 e. The second-order valence-corrected chi connectivity index (χ2v) is 4.83. The van der Waals surface area contributed by atoms with E-state index in [1.54, 1.807) is 12.1 Å². The predicted octanol–water partition coefficient (Wildman–Crippen LogP) is 4.73. The molecule has 0 aliphatic heterocycles. The highest BCUT2D eigenvalue weighted by molar-refractivity contribution is 5.63. The molecule has 112 valence electrons. The van der Waals surface area contributed by atoms with E-state index < -0.39 is 0 Å². The van der Waals surface area contributed by atoms with Crippen LogP contribution in [0.3, 0.4) is 0 Å². The van der Waals surface area contributed by atoms with Crippen molar-refractivity contribution in [1.29, 1.82) is 5.26 Å². The highest BCUT2D eigenvalue weighted by Crippen LogP contribution is 2.37. The molecule has 0 spiro atoms. The van der Waals surface area contributed by atoms with Crippen molar-refractivity contribution in [2.45, 2.75) is 0 Å². The van der Waals surface area contributed by atoms with Gasteiger partial charge < -0.3 is 15.2 Å². The predicted molar refractivity (Wildman–Crippen MR) is 88.6 cm³/mol. The molecule has 3 aromatic carbocycles. The van der Waals surface area contributed by atoms with E-state index >= 15 is 0 Å². The molecule has 3 rings (SSSR count). The number of nitrogen functional groups attached to an aromatic ring is 1. The fourth-order valence-corrected chi connectivity index (χ4v) is 2.06. The molecule has 0 heterocycles. The molecule has 0 aromatic heterocycles. The van der Waals surface area contributed by atoms with Gasteiger partial charge in [0, 0.05) is 12.1 Å². The van der Waals surface area contributed by atoms with Gasteiger partial charge in [0.15, 0.2) is 11.5 Å². The average Bonchev–Trinajstić information content (AvgIpc) is 2.59. The van der Waals surface area contributed by atoms with Crippen LogP contribution < -0.4 is 15.2 Å². The van der Waals surface area contributed by atoms with Crippen molar-refractivity contribution in [3.05, 3.63) is 78.4 Å². The van der Waals surface area contributed by atoms with E-state index in [0.29, 0.717) is 34.2 Å². The van der Waals surface area contributed by atoms with Crippen molar-refractivity contribution in [1.82, 2.24) is 0 Å². The fourth-order valence-electron chi connectivity index (χ4n) is 2.06. The molecular formula is C19H14N2O2. The quantitative estimate of drug-likeness (QED) is 0.708. The summed E-state index contributed by atoms with van der Waals surface area (Å²) < 4.78 is 11.7. The van der Waals surface area contributed by atoms with E-state index in [9.17, 15) is 0 Å². The molecule has 0 amide bonds. The number of nitrogens with two attached hydrogens (primary N) is 1. The van der Waals surface area contributed by atoms with Gasteiger partial charge in [-0.15, -0.1) is 0 Å². The second-order valence-electron chi connectivity index (χ2n) is 4.83. The second kappa shape index (κ2) is 6.54. The van der Waals surface area contributed by atoms with Gasteiger partial charge >= 0.3 is 0 Å². The molecule has 0 fully saturated rings. The van der Waals surface area contributed by atoms with E-state index in [4.69, 9.17) is 20.5 Å². The first kappa shape index (κ1) is 14.5. The van der Waals surface area contributed by atoms with Crippen LogP contribution in [0.5, 0.6) is 23.0 Å². The molecule has 0 bridgehead atoms. The molecule has 0 saturated carbocycles. The van der Waals surface area contributed by atoms with E-state index in [1.165, 1.54) is 0 Å². The Morgan fingerprint density at radius 2 is 1.22 bits per heavy atom. The molecule has 0 saturated heterocycles. The molecular weight excluding hydrogens is 288 g/mol. The molecule has 2 N–H and O–H groups in total. The van der Waals surface area contributed by atoms with E-state index in [2.05, 4.69) is 6.07 Å². The molecule has 4 heteroatoms. The van der Waals surface area contributed by atoms with Crippen LogP contribution in [0, 0.1) is 11.3 Å². The van der Waals surface area contributed by atoms with Crippen molar-refractivity contribution in [2.24, 2.45) is 0 Å². The summed E-state index contributed by atoms with van der Waals surface area (Å²) in [5.74, 6) is 2.20. The van der Waals surface area contributed by atoms with E-state index in [0.717, 1.165) is 0 Å². The van der Waals surface area contributed by atoms with E-state index in [1.807, 2.05) is 60.7 Å². The minimum atomic E-state index is 0.344. The number of nitriles is 1. The third-order valence-electron chi connectivity index (χ3n) is 3.18. The highest BCUT2D eigenvalue weighted by Gasteiger charge is 2.12. The normalized spacial score (nSPS) is 9.87. The van der Waals surface area contributed by atoms with Crippen molar-refractivity contribution >= 4 is 5.69 Å². The lowest BCUT2D eigenvalue weighted by Crippen LogP contribution is -1.96. The Labute approximate surface area is 134 Å². The smallest absolute Gasteiger partial charge is 0.172 e. The maximum Gasteiger partial charge on any atom is 0.172 e. The number of hydrogen-bond donors (Lipinski definition) is 1. The van der Waals surface area contributed by atoms with Crippen LogP contribution in [0.25, 0.3) is 0 Å². The Morgan fingerprint density at radius 1 is 0.739 bits per heavy atom. The van der Waals surface area contributed by atoms with Gasteiger partial charge in [-0.3, -0.25) is 0 Å². The summed E-state index contributed by atoms with van der Waals surface area (Å²) >= 11 is 0. The van der Waals surface area contributed by atoms with Gasteiger partial charge in [0.1, 0.15) is 17.6 Å². The van der Waals surface area contributed by atoms with Gasteiger partial charge in [-0.25, -0.2) is 0 Å². The van der Waals surface area contributed by atoms with Crippen LogP contribution in [0.1, 0.15) is 5.56 Å². The zero-order valence-corrected chi connectivity index (χ0v) is 12.3. The van der Waals surface area contributed by atoms with Gasteiger partial charge in [0.25, 0.3) is 0 Å². The molecule has 4 nitrogen and oxygen atoms in total. The van der Waals surface area contributed by atoms with Crippen LogP contribution in [-0.4, -0.2) is 0 Å². The lowest BCUT2D eigenvalue weighted by atomic mass is 10.1. The molecule has 0 aliphatic carbocycles. The summed E-state index contributed by atoms with van der Waals surface area (Å²) in [4.78, 5) is 0. The number of rotatable bonds is 4. The summed E-state index contributed by atoms with van der Waals surface area (Å²) in [6.07, 6.45) is 0. The Kier molecular flexibility index (Phi) is 4.12. The topological polar surface area (TPSA) is 68.3 Å². The molecule has 3 aromatic rings. The SMILES string of the molecule is N#Cc1cc(Oc2ccccc2)c(Oc2ccccc2)cc1N. The number of hydrogen-bond acceptors (Lipinski definition) is 4. The maximum absolute atomic E-state index is 9.16. The Balaban J connectivity index is 1.99. The van der Waals surface area contributed by atoms with Crippen LogP contribution in [0.2, 0.25) is 0 Å². The van der Waals surface area contributed by atoms with Gasteiger partial charge in [-0.05, 0) is 24.3 Å². The van der Waals surface area contributed by atoms with Crippen LogP contribution in [0.15, 0.2) is 72.8 Å². The number of anilines is 1.